The fourth-order valence-corrected chi connectivity index (χ4v) is 6.32. The monoisotopic (exact) mass is 390 g/mol. The molecule has 5 rings (SSSR count). The van der Waals surface area contributed by atoms with Crippen LogP contribution in [0.4, 0.5) is 0 Å². The summed E-state index contributed by atoms with van der Waals surface area (Å²) in [5, 5.41) is 3.34. The van der Waals surface area contributed by atoms with E-state index in [4.69, 9.17) is 10.7 Å². The Labute approximate surface area is 165 Å². The molecule has 0 radical (unpaired) electrons. The van der Waals surface area contributed by atoms with Crippen molar-refractivity contribution in [2.75, 3.05) is 32.7 Å². The molecule has 0 spiro atoms. The minimum atomic E-state index is 0. The van der Waals surface area contributed by atoms with Gasteiger partial charge in [-0.15, -0.1) is 24.8 Å². The molecule has 0 atom stereocenters. The van der Waals surface area contributed by atoms with E-state index < -0.39 is 0 Å². The summed E-state index contributed by atoms with van der Waals surface area (Å²) in [6, 6.07) is 0. The first-order valence-electron chi connectivity index (χ1n) is 9.97. The second-order valence-electron chi connectivity index (χ2n) is 8.95. The highest BCUT2D eigenvalue weighted by atomic mass is 35.5. The van der Waals surface area contributed by atoms with Crippen molar-refractivity contribution in [3.63, 3.8) is 0 Å². The molecule has 4 saturated carbocycles. The lowest BCUT2D eigenvalue weighted by atomic mass is 9.49. The maximum absolute atomic E-state index is 6.12. The molecular formula is C19H36Cl2N4. The highest BCUT2D eigenvalue weighted by Crippen LogP contribution is 2.60. The fourth-order valence-electron chi connectivity index (χ4n) is 6.32. The number of nitrogens with zero attached hydrogens (tertiary/aromatic N) is 2. The van der Waals surface area contributed by atoms with E-state index in [9.17, 15) is 0 Å². The van der Waals surface area contributed by atoms with Gasteiger partial charge in [0.25, 0.3) is 0 Å². The van der Waals surface area contributed by atoms with Crippen LogP contribution in [-0.2, 0) is 0 Å². The number of nitrogens with two attached hydrogens (primary N) is 1. The summed E-state index contributed by atoms with van der Waals surface area (Å²) in [6.07, 6.45) is 12.7. The average molecular weight is 391 g/mol. The first-order chi connectivity index (χ1) is 11.2. The maximum Gasteiger partial charge on any atom is 0.188 e. The van der Waals surface area contributed by atoms with Crippen LogP contribution >= 0.6 is 24.8 Å². The Kier molecular flexibility index (Phi) is 7.72. The molecule has 0 aromatic heterocycles. The van der Waals surface area contributed by atoms with Gasteiger partial charge >= 0.3 is 0 Å². The van der Waals surface area contributed by atoms with Crippen LogP contribution in [-0.4, -0.2) is 43.6 Å². The summed E-state index contributed by atoms with van der Waals surface area (Å²) in [7, 11) is 0. The molecule has 5 fully saturated rings. The van der Waals surface area contributed by atoms with E-state index in [1.807, 2.05) is 0 Å². The van der Waals surface area contributed by atoms with Gasteiger partial charge in [0.15, 0.2) is 5.96 Å². The van der Waals surface area contributed by atoms with Crippen LogP contribution in [0.2, 0.25) is 0 Å². The molecule has 4 nitrogen and oxygen atoms in total. The smallest absolute Gasteiger partial charge is 0.188 e. The van der Waals surface area contributed by atoms with Gasteiger partial charge in [0, 0.05) is 13.1 Å². The third-order valence-corrected chi connectivity index (χ3v) is 6.91. The summed E-state index contributed by atoms with van der Waals surface area (Å²) in [4.78, 5) is 7.31. The SMILES string of the molecule is Cl.Cl.NC(=NCC12CC3CC(CC(C3)C1)C2)NCCCN1CCCC1. The molecule has 6 heteroatoms. The molecule has 0 unspecified atom stereocenters. The van der Waals surface area contributed by atoms with Gasteiger partial charge in [-0.3, -0.25) is 4.99 Å². The molecular weight excluding hydrogens is 355 g/mol. The third-order valence-electron chi connectivity index (χ3n) is 6.91. The summed E-state index contributed by atoms with van der Waals surface area (Å²) in [5.41, 5.74) is 6.63. The highest BCUT2D eigenvalue weighted by molar-refractivity contribution is 5.85. The Morgan fingerprint density at radius 1 is 1.00 bits per heavy atom. The van der Waals surface area contributed by atoms with Crippen LogP contribution in [0, 0.1) is 23.2 Å². The highest BCUT2D eigenvalue weighted by Gasteiger charge is 2.50. The Bertz CT molecular complexity index is 413. The zero-order chi connectivity index (χ0) is 15.7. The van der Waals surface area contributed by atoms with E-state index in [0.717, 1.165) is 30.8 Å². The van der Waals surface area contributed by atoms with Crippen LogP contribution in [0.15, 0.2) is 4.99 Å². The zero-order valence-electron chi connectivity index (χ0n) is 15.4. The molecule has 1 aliphatic heterocycles. The predicted molar refractivity (Wildman–Crippen MR) is 110 cm³/mol. The van der Waals surface area contributed by atoms with Crippen molar-refractivity contribution >= 4 is 30.8 Å². The quantitative estimate of drug-likeness (QED) is 0.414. The molecule has 0 amide bonds. The summed E-state index contributed by atoms with van der Waals surface area (Å²) in [5.74, 6) is 3.70. The van der Waals surface area contributed by atoms with Gasteiger partial charge < -0.3 is 16.0 Å². The zero-order valence-corrected chi connectivity index (χ0v) is 17.1. The minimum absolute atomic E-state index is 0. The molecule has 5 aliphatic rings. The lowest BCUT2D eigenvalue weighted by molar-refractivity contribution is -0.0465. The van der Waals surface area contributed by atoms with Crippen molar-refractivity contribution in [3.05, 3.63) is 0 Å². The molecule has 3 N–H and O–H groups in total. The lowest BCUT2D eigenvalue weighted by Crippen LogP contribution is -2.48. The second-order valence-corrected chi connectivity index (χ2v) is 8.95. The first-order valence-corrected chi connectivity index (χ1v) is 9.97. The number of hydrogen-bond acceptors (Lipinski definition) is 2. The molecule has 0 aromatic rings. The van der Waals surface area contributed by atoms with Crippen molar-refractivity contribution in [1.82, 2.24) is 10.2 Å². The predicted octanol–water partition coefficient (Wildman–Crippen LogP) is 3.44. The summed E-state index contributed by atoms with van der Waals surface area (Å²) < 4.78 is 0. The van der Waals surface area contributed by atoms with Crippen molar-refractivity contribution in [1.29, 1.82) is 0 Å². The van der Waals surface area contributed by atoms with Gasteiger partial charge in [-0.1, -0.05) is 0 Å². The number of rotatable bonds is 6. The molecule has 146 valence electrons. The second kappa shape index (κ2) is 9.14. The van der Waals surface area contributed by atoms with Crippen LogP contribution in [0.1, 0.15) is 57.8 Å². The third kappa shape index (κ3) is 5.17. The van der Waals surface area contributed by atoms with E-state index >= 15 is 0 Å². The Hall–Kier alpha value is -0.190. The van der Waals surface area contributed by atoms with Gasteiger partial charge in [0.2, 0.25) is 0 Å². The summed E-state index contributed by atoms with van der Waals surface area (Å²) in [6.45, 7) is 5.72. The van der Waals surface area contributed by atoms with Gasteiger partial charge in [-0.05, 0) is 101 Å². The number of nitrogens with one attached hydrogen (secondary N) is 1. The maximum atomic E-state index is 6.12. The van der Waals surface area contributed by atoms with Crippen LogP contribution < -0.4 is 11.1 Å². The van der Waals surface area contributed by atoms with Crippen molar-refractivity contribution in [2.24, 2.45) is 33.9 Å². The van der Waals surface area contributed by atoms with Crippen LogP contribution in [0.5, 0.6) is 0 Å². The number of hydrogen-bond donors (Lipinski definition) is 2. The topological polar surface area (TPSA) is 53.6 Å². The number of aliphatic imine (C=N–C) groups is 1. The van der Waals surface area contributed by atoms with Crippen LogP contribution in [0.25, 0.3) is 0 Å². The first kappa shape index (κ1) is 21.1. The average Bonchev–Trinajstić information content (AvgIpc) is 3.02. The van der Waals surface area contributed by atoms with Crippen LogP contribution in [0.3, 0.4) is 0 Å². The number of guanidine groups is 1. The Morgan fingerprint density at radius 3 is 2.12 bits per heavy atom. The largest absolute Gasteiger partial charge is 0.370 e. The molecule has 4 aliphatic carbocycles. The minimum Gasteiger partial charge on any atom is -0.370 e. The van der Waals surface area contributed by atoms with E-state index in [1.165, 1.54) is 77.4 Å². The van der Waals surface area contributed by atoms with Crippen molar-refractivity contribution < 1.29 is 0 Å². The fraction of sp³-hybridized carbons (Fsp3) is 0.947. The molecule has 0 aromatic carbocycles. The van der Waals surface area contributed by atoms with Gasteiger partial charge in [-0.2, -0.15) is 0 Å². The van der Waals surface area contributed by atoms with Crippen molar-refractivity contribution in [2.45, 2.75) is 57.8 Å². The number of likely N-dealkylation sites (tertiary alicyclic amines) is 1. The number of halogens is 2. The van der Waals surface area contributed by atoms with E-state index in [2.05, 4.69) is 10.2 Å². The standard InChI is InChI=1S/C19H34N4.2ClH/c20-18(21-4-3-7-23-5-1-2-6-23)22-14-19-11-15-8-16(12-19)10-17(9-15)13-19;;/h15-17H,1-14H2,(H3,20,21,22);2*1H. The lowest BCUT2D eigenvalue weighted by Gasteiger charge is -2.56. The molecule has 1 heterocycles. The van der Waals surface area contributed by atoms with E-state index in [0.29, 0.717) is 11.4 Å². The molecule has 1 saturated heterocycles. The molecule has 4 bridgehead atoms. The normalized spacial score (nSPS) is 36.8. The van der Waals surface area contributed by atoms with Crippen molar-refractivity contribution in [3.8, 4) is 0 Å². The summed E-state index contributed by atoms with van der Waals surface area (Å²) >= 11 is 0. The van der Waals surface area contributed by atoms with E-state index in [-0.39, 0.29) is 24.8 Å². The van der Waals surface area contributed by atoms with E-state index in [1.54, 1.807) is 0 Å². The Morgan fingerprint density at radius 2 is 1.56 bits per heavy atom. The van der Waals surface area contributed by atoms with Gasteiger partial charge in [0.1, 0.15) is 0 Å². The van der Waals surface area contributed by atoms with Gasteiger partial charge in [-0.25, -0.2) is 0 Å². The van der Waals surface area contributed by atoms with Gasteiger partial charge in [0.05, 0.1) is 0 Å². The molecule has 25 heavy (non-hydrogen) atoms. The Balaban J connectivity index is 0.00000113.